The highest BCUT2D eigenvalue weighted by atomic mass is 32.1. The Morgan fingerprint density at radius 3 is 2.73 bits per heavy atom. The lowest BCUT2D eigenvalue weighted by molar-refractivity contribution is -0.122. The zero-order chi connectivity index (χ0) is 11.3. The molecule has 1 aromatic heterocycles. The molecule has 0 spiro atoms. The highest BCUT2D eigenvalue weighted by Crippen LogP contribution is 2.11. The van der Waals surface area contributed by atoms with Crippen molar-refractivity contribution < 1.29 is 4.79 Å². The van der Waals surface area contributed by atoms with Crippen molar-refractivity contribution in [3.8, 4) is 0 Å². The van der Waals surface area contributed by atoms with Gasteiger partial charge in [0.2, 0.25) is 5.91 Å². The van der Waals surface area contributed by atoms with Crippen LogP contribution in [-0.2, 0) is 11.2 Å². The molecule has 84 valence electrons. The van der Waals surface area contributed by atoms with Gasteiger partial charge in [-0.15, -0.1) is 11.3 Å². The normalized spacial score (nSPS) is 12.8. The number of carbonyl (C=O) groups excluding carboxylic acids is 1. The Balaban J connectivity index is 2.29. The van der Waals surface area contributed by atoms with E-state index in [9.17, 15) is 4.79 Å². The zero-order valence-corrected chi connectivity index (χ0v) is 10.4. The van der Waals surface area contributed by atoms with Crippen molar-refractivity contribution in [1.29, 1.82) is 0 Å². The monoisotopic (exact) mass is 225 g/mol. The Morgan fingerprint density at radius 1 is 1.47 bits per heavy atom. The van der Waals surface area contributed by atoms with E-state index in [1.807, 2.05) is 6.07 Å². The predicted molar refractivity (Wildman–Crippen MR) is 65.1 cm³/mol. The van der Waals surface area contributed by atoms with Crippen LogP contribution in [0.3, 0.4) is 0 Å². The molecule has 2 nitrogen and oxygen atoms in total. The van der Waals surface area contributed by atoms with Crippen LogP contribution in [0, 0.1) is 5.92 Å². The average Bonchev–Trinajstić information content (AvgIpc) is 2.53. The van der Waals surface area contributed by atoms with Gasteiger partial charge < -0.3 is 5.32 Å². The Morgan fingerprint density at radius 2 is 2.20 bits per heavy atom. The summed E-state index contributed by atoms with van der Waals surface area (Å²) in [5.41, 5.74) is 0. The maximum atomic E-state index is 11.5. The largest absolute Gasteiger partial charge is 0.353 e. The lowest BCUT2D eigenvalue weighted by Gasteiger charge is -2.13. The van der Waals surface area contributed by atoms with E-state index in [1.54, 1.807) is 11.3 Å². The minimum Gasteiger partial charge on any atom is -0.353 e. The molecule has 1 heterocycles. The molecule has 0 bridgehead atoms. The third-order valence-corrected chi connectivity index (χ3v) is 2.99. The first-order chi connectivity index (χ1) is 7.08. The van der Waals surface area contributed by atoms with Crippen LogP contribution in [0.1, 0.15) is 32.1 Å². The topological polar surface area (TPSA) is 29.1 Å². The Kier molecular flexibility index (Phi) is 4.82. The Hall–Kier alpha value is -0.830. The van der Waals surface area contributed by atoms with Crippen molar-refractivity contribution in [2.24, 2.45) is 5.92 Å². The van der Waals surface area contributed by atoms with Crippen molar-refractivity contribution in [2.75, 3.05) is 0 Å². The van der Waals surface area contributed by atoms with E-state index in [0.29, 0.717) is 12.3 Å². The minimum absolute atomic E-state index is 0.161. The second-order valence-corrected chi connectivity index (χ2v) is 5.38. The summed E-state index contributed by atoms with van der Waals surface area (Å²) in [6.45, 7) is 6.17. The van der Waals surface area contributed by atoms with Crippen LogP contribution in [0.5, 0.6) is 0 Å². The first-order valence-corrected chi connectivity index (χ1v) is 6.27. The zero-order valence-electron chi connectivity index (χ0n) is 9.62. The molecule has 0 saturated carbocycles. The summed E-state index contributed by atoms with van der Waals surface area (Å²) in [6.07, 6.45) is 1.55. The second-order valence-electron chi connectivity index (χ2n) is 4.35. The van der Waals surface area contributed by atoms with Crippen LogP contribution in [0.15, 0.2) is 17.5 Å². The quantitative estimate of drug-likeness (QED) is 0.820. The molecular weight excluding hydrogens is 206 g/mol. The fourth-order valence-corrected chi connectivity index (χ4v) is 2.32. The van der Waals surface area contributed by atoms with Gasteiger partial charge in [-0.1, -0.05) is 19.9 Å². The first kappa shape index (κ1) is 12.2. The van der Waals surface area contributed by atoms with Crippen molar-refractivity contribution in [3.05, 3.63) is 22.4 Å². The van der Waals surface area contributed by atoms with Gasteiger partial charge in [0.15, 0.2) is 0 Å². The summed E-state index contributed by atoms with van der Waals surface area (Å²) in [5, 5.41) is 5.08. The molecule has 0 saturated heterocycles. The molecular formula is C12H19NOS. The average molecular weight is 225 g/mol. The Labute approximate surface area is 95.7 Å². The highest BCUT2D eigenvalue weighted by molar-refractivity contribution is 7.09. The van der Waals surface area contributed by atoms with Crippen molar-refractivity contribution in [2.45, 2.75) is 39.7 Å². The van der Waals surface area contributed by atoms with Gasteiger partial charge in [0.1, 0.15) is 0 Å². The highest BCUT2D eigenvalue weighted by Gasteiger charge is 2.09. The molecule has 1 amide bonds. The first-order valence-electron chi connectivity index (χ1n) is 5.39. The SMILES string of the molecule is CC(C)CC(=O)NC(C)Cc1cccs1. The van der Waals surface area contributed by atoms with Crippen LogP contribution in [0.2, 0.25) is 0 Å². The number of hydrogen-bond acceptors (Lipinski definition) is 2. The van der Waals surface area contributed by atoms with Gasteiger partial charge in [-0.2, -0.15) is 0 Å². The standard InChI is InChI=1S/C12H19NOS/c1-9(2)7-12(14)13-10(3)8-11-5-4-6-15-11/h4-6,9-10H,7-8H2,1-3H3,(H,13,14). The summed E-state index contributed by atoms with van der Waals surface area (Å²) < 4.78 is 0. The fraction of sp³-hybridized carbons (Fsp3) is 0.583. The van der Waals surface area contributed by atoms with Gasteiger partial charge >= 0.3 is 0 Å². The summed E-state index contributed by atoms with van der Waals surface area (Å²) in [6, 6.07) is 4.38. The van der Waals surface area contributed by atoms with Gasteiger partial charge in [0.25, 0.3) is 0 Å². The van der Waals surface area contributed by atoms with E-state index in [0.717, 1.165) is 6.42 Å². The molecule has 0 aliphatic heterocycles. The maximum Gasteiger partial charge on any atom is 0.220 e. The lowest BCUT2D eigenvalue weighted by atomic mass is 10.1. The summed E-state index contributed by atoms with van der Waals surface area (Å²) in [4.78, 5) is 12.8. The van der Waals surface area contributed by atoms with E-state index in [4.69, 9.17) is 0 Å². The maximum absolute atomic E-state index is 11.5. The van der Waals surface area contributed by atoms with E-state index < -0.39 is 0 Å². The molecule has 0 aliphatic carbocycles. The number of nitrogens with one attached hydrogen (secondary N) is 1. The van der Waals surface area contributed by atoms with Gasteiger partial charge in [-0.3, -0.25) is 4.79 Å². The van der Waals surface area contributed by atoms with Gasteiger partial charge in [0.05, 0.1) is 0 Å². The molecule has 0 radical (unpaired) electrons. The van der Waals surface area contributed by atoms with Crippen LogP contribution >= 0.6 is 11.3 Å². The second kappa shape index (κ2) is 5.91. The van der Waals surface area contributed by atoms with Crippen LogP contribution in [0.25, 0.3) is 0 Å². The number of hydrogen-bond donors (Lipinski definition) is 1. The van der Waals surface area contributed by atoms with Crippen molar-refractivity contribution in [3.63, 3.8) is 0 Å². The lowest BCUT2D eigenvalue weighted by Crippen LogP contribution is -2.34. The number of rotatable bonds is 5. The van der Waals surface area contributed by atoms with Crippen LogP contribution in [-0.4, -0.2) is 11.9 Å². The fourth-order valence-electron chi connectivity index (χ4n) is 1.49. The molecule has 0 fully saturated rings. The van der Waals surface area contributed by atoms with Crippen molar-refractivity contribution in [1.82, 2.24) is 5.32 Å². The molecule has 3 heteroatoms. The van der Waals surface area contributed by atoms with Crippen LogP contribution < -0.4 is 5.32 Å². The third-order valence-electron chi connectivity index (χ3n) is 2.09. The predicted octanol–water partition coefficient (Wildman–Crippen LogP) is 2.84. The third kappa shape index (κ3) is 4.98. The van der Waals surface area contributed by atoms with E-state index in [-0.39, 0.29) is 11.9 Å². The molecule has 1 rings (SSSR count). The van der Waals surface area contributed by atoms with E-state index >= 15 is 0 Å². The summed E-state index contributed by atoms with van der Waals surface area (Å²) in [7, 11) is 0. The number of carbonyl (C=O) groups is 1. The van der Waals surface area contributed by atoms with E-state index in [1.165, 1.54) is 4.88 Å². The number of thiophene rings is 1. The molecule has 0 aromatic carbocycles. The molecule has 1 N–H and O–H groups in total. The molecule has 1 atom stereocenters. The Bertz CT molecular complexity index is 293. The van der Waals surface area contributed by atoms with E-state index in [2.05, 4.69) is 37.5 Å². The van der Waals surface area contributed by atoms with Crippen LogP contribution in [0.4, 0.5) is 0 Å². The smallest absolute Gasteiger partial charge is 0.220 e. The molecule has 1 unspecified atom stereocenters. The summed E-state index contributed by atoms with van der Waals surface area (Å²) in [5.74, 6) is 0.591. The number of amides is 1. The van der Waals surface area contributed by atoms with Gasteiger partial charge in [-0.05, 0) is 24.3 Å². The summed E-state index contributed by atoms with van der Waals surface area (Å²) >= 11 is 1.74. The molecule has 1 aromatic rings. The molecule has 0 aliphatic rings. The van der Waals surface area contributed by atoms with Gasteiger partial charge in [0, 0.05) is 23.8 Å². The molecule has 15 heavy (non-hydrogen) atoms. The van der Waals surface area contributed by atoms with Gasteiger partial charge in [-0.25, -0.2) is 0 Å². The van der Waals surface area contributed by atoms with Crippen molar-refractivity contribution >= 4 is 17.2 Å². The minimum atomic E-state index is 0.161.